The summed E-state index contributed by atoms with van der Waals surface area (Å²) in [6.07, 6.45) is 3.79. The van der Waals surface area contributed by atoms with Crippen molar-refractivity contribution >= 4 is 23.6 Å². The van der Waals surface area contributed by atoms with Crippen molar-refractivity contribution in [2.45, 2.75) is 32.0 Å². The zero-order valence-corrected chi connectivity index (χ0v) is 16.9. The van der Waals surface area contributed by atoms with Gasteiger partial charge in [0.2, 0.25) is 12.7 Å². The minimum atomic E-state index is 0.252. The first kappa shape index (κ1) is 16.8. The molecule has 0 saturated heterocycles. The van der Waals surface area contributed by atoms with E-state index in [2.05, 4.69) is 16.5 Å². The van der Waals surface area contributed by atoms with Crippen molar-refractivity contribution < 1.29 is 18.8 Å². The largest absolute Gasteiger partial charge is 0.454 e. The minimum Gasteiger partial charge on any atom is -0.454 e. The molecule has 3 aromatic rings. The smallest absolute Gasteiger partial charge is 0.292 e. The van der Waals surface area contributed by atoms with Gasteiger partial charge >= 0.3 is 0 Å². The van der Waals surface area contributed by atoms with Crippen molar-refractivity contribution in [3.8, 4) is 23.0 Å². The Morgan fingerprint density at radius 2 is 2.11 bits per heavy atom. The number of nitrogens with one attached hydrogen (secondary N) is 1. The number of ether oxygens (including phenoxy) is 2. The van der Waals surface area contributed by atoms with Crippen LogP contribution in [0.1, 0.15) is 29.3 Å². The van der Waals surface area contributed by atoms with Crippen LogP contribution in [0, 0.1) is 10.8 Å². The highest BCUT2D eigenvalue weighted by atomic mass is 32.1. The summed E-state index contributed by atoms with van der Waals surface area (Å²) < 4.78 is 18.5. The third kappa shape index (κ3) is 2.78. The fraction of sp³-hybridized carbons (Fsp3) is 0.400. The van der Waals surface area contributed by atoms with Crippen molar-refractivity contribution in [1.82, 2.24) is 9.78 Å². The molecule has 1 fully saturated rings. The first-order valence-corrected chi connectivity index (χ1v) is 10.9. The van der Waals surface area contributed by atoms with Gasteiger partial charge in [-0.3, -0.25) is 0 Å². The maximum absolute atomic E-state index is 5.83. The van der Waals surface area contributed by atoms with Crippen molar-refractivity contribution in [3.63, 3.8) is 0 Å². The van der Waals surface area contributed by atoms with E-state index in [0.717, 1.165) is 36.9 Å². The summed E-state index contributed by atoms with van der Waals surface area (Å²) in [5.74, 6) is 2.78. The molecule has 0 bridgehead atoms. The van der Waals surface area contributed by atoms with E-state index in [-0.39, 0.29) is 6.79 Å². The molecule has 0 amide bonds. The monoisotopic (exact) mass is 414 g/mol. The van der Waals surface area contributed by atoms with Crippen molar-refractivity contribution in [2.75, 3.05) is 13.3 Å². The van der Waals surface area contributed by atoms with Crippen LogP contribution in [-0.2, 0) is 13.1 Å². The number of hydrogen-bond donors (Lipinski definition) is 1. The van der Waals surface area contributed by atoms with Crippen LogP contribution >= 0.6 is 23.6 Å². The van der Waals surface area contributed by atoms with Crippen LogP contribution in [0.3, 0.4) is 0 Å². The molecular weight excluding hydrogens is 394 g/mol. The average Bonchev–Trinajstić information content (AvgIpc) is 3.09. The van der Waals surface area contributed by atoms with E-state index in [9.17, 15) is 0 Å². The SMILES string of the molecule is S=c1oc(-c2ccc3c(c2)OCO3)nn1C[NH+]1CCc2sccc2[C@H]1C1CC1. The van der Waals surface area contributed by atoms with Gasteiger partial charge in [0.25, 0.3) is 4.84 Å². The maximum Gasteiger partial charge on any atom is 0.292 e. The molecule has 8 heteroatoms. The second-order valence-electron chi connectivity index (χ2n) is 7.67. The molecule has 1 unspecified atom stereocenters. The van der Waals surface area contributed by atoms with Crippen LogP contribution in [0.5, 0.6) is 11.5 Å². The summed E-state index contributed by atoms with van der Waals surface area (Å²) in [6, 6.07) is 8.58. The lowest BCUT2D eigenvalue weighted by molar-refractivity contribution is -0.958. The molecule has 1 N–H and O–H groups in total. The molecule has 4 heterocycles. The summed E-state index contributed by atoms with van der Waals surface area (Å²) in [5.41, 5.74) is 2.39. The van der Waals surface area contributed by atoms with Gasteiger partial charge < -0.3 is 18.8 Å². The molecule has 0 radical (unpaired) electrons. The number of benzene rings is 1. The first-order valence-electron chi connectivity index (χ1n) is 9.65. The van der Waals surface area contributed by atoms with Crippen LogP contribution in [0.2, 0.25) is 0 Å². The molecule has 1 aromatic carbocycles. The molecule has 1 aliphatic carbocycles. The summed E-state index contributed by atoms with van der Waals surface area (Å²) in [6.45, 7) is 2.11. The molecule has 6 nitrogen and oxygen atoms in total. The maximum atomic E-state index is 5.83. The van der Waals surface area contributed by atoms with E-state index in [4.69, 9.17) is 26.1 Å². The fourth-order valence-electron chi connectivity index (χ4n) is 4.42. The summed E-state index contributed by atoms with van der Waals surface area (Å²) in [4.78, 5) is 3.52. The number of rotatable bonds is 4. The number of fused-ring (bicyclic) bond motifs is 2. The lowest BCUT2D eigenvalue weighted by Crippen LogP contribution is -3.13. The van der Waals surface area contributed by atoms with Crippen LogP contribution < -0.4 is 14.4 Å². The predicted molar refractivity (Wildman–Crippen MR) is 106 cm³/mol. The number of nitrogens with zero attached hydrogens (tertiary/aromatic N) is 2. The van der Waals surface area contributed by atoms with Crippen LogP contribution in [-0.4, -0.2) is 23.1 Å². The number of aromatic nitrogens is 2. The number of hydrogen-bond acceptors (Lipinski definition) is 6. The van der Waals surface area contributed by atoms with Gasteiger partial charge in [0.1, 0.15) is 6.04 Å². The third-order valence-electron chi connectivity index (χ3n) is 5.90. The highest BCUT2D eigenvalue weighted by Crippen LogP contribution is 2.42. The Bertz CT molecular complexity index is 1100. The van der Waals surface area contributed by atoms with Gasteiger partial charge in [-0.1, -0.05) is 0 Å². The van der Waals surface area contributed by atoms with Gasteiger partial charge in [-0.15, -0.1) is 16.4 Å². The summed E-state index contributed by atoms with van der Waals surface area (Å²) in [7, 11) is 0. The van der Waals surface area contributed by atoms with Crippen molar-refractivity contribution in [3.05, 3.63) is 44.9 Å². The molecule has 6 rings (SSSR count). The lowest BCUT2D eigenvalue weighted by atomic mass is 9.96. The highest BCUT2D eigenvalue weighted by Gasteiger charge is 2.43. The first-order chi connectivity index (χ1) is 13.8. The highest BCUT2D eigenvalue weighted by molar-refractivity contribution is 7.71. The van der Waals surface area contributed by atoms with Crippen molar-refractivity contribution in [2.24, 2.45) is 5.92 Å². The quantitative estimate of drug-likeness (QED) is 0.665. The normalized spacial score (nSPS) is 23.0. The van der Waals surface area contributed by atoms with E-state index < -0.39 is 0 Å². The van der Waals surface area contributed by atoms with Crippen molar-refractivity contribution in [1.29, 1.82) is 0 Å². The number of quaternary nitrogens is 1. The lowest BCUT2D eigenvalue weighted by Gasteiger charge is -2.32. The van der Waals surface area contributed by atoms with Gasteiger partial charge in [-0.25, -0.2) is 0 Å². The molecule has 144 valence electrons. The zero-order valence-electron chi connectivity index (χ0n) is 15.2. The van der Waals surface area contributed by atoms with Crippen LogP contribution in [0.15, 0.2) is 34.1 Å². The van der Waals surface area contributed by atoms with Crippen LogP contribution in [0.4, 0.5) is 0 Å². The summed E-state index contributed by atoms with van der Waals surface area (Å²) >= 11 is 7.39. The van der Waals surface area contributed by atoms with Gasteiger partial charge in [0.15, 0.2) is 18.2 Å². The molecule has 2 aromatic heterocycles. The average molecular weight is 415 g/mol. The summed E-state index contributed by atoms with van der Waals surface area (Å²) in [5, 5.41) is 6.93. The molecule has 0 spiro atoms. The Hall–Kier alpha value is -2.16. The van der Waals surface area contributed by atoms with E-state index in [1.165, 1.54) is 17.7 Å². The van der Waals surface area contributed by atoms with E-state index in [1.54, 1.807) is 10.4 Å². The van der Waals surface area contributed by atoms with E-state index >= 15 is 0 Å². The molecule has 2 aliphatic heterocycles. The second kappa shape index (κ2) is 6.43. The minimum absolute atomic E-state index is 0.252. The Balaban J connectivity index is 1.29. The molecule has 1 saturated carbocycles. The van der Waals surface area contributed by atoms with E-state index in [0.29, 0.717) is 22.5 Å². The Morgan fingerprint density at radius 1 is 1.21 bits per heavy atom. The Morgan fingerprint density at radius 3 is 3.00 bits per heavy atom. The number of thiophene rings is 1. The fourth-order valence-corrected chi connectivity index (χ4v) is 5.53. The molecule has 3 aliphatic rings. The van der Waals surface area contributed by atoms with Crippen LogP contribution in [0.25, 0.3) is 11.5 Å². The third-order valence-corrected chi connectivity index (χ3v) is 7.19. The predicted octanol–water partition coefficient (Wildman–Crippen LogP) is 3.21. The van der Waals surface area contributed by atoms with Gasteiger partial charge in [0.05, 0.1) is 6.54 Å². The standard InChI is InChI=1S/C20H19N3O3S2/c27-20-23(21-19(26-20)13-3-4-15-16(9-13)25-11-24-15)10-22-7-5-17-14(6-8-28-17)18(22)12-1-2-12/h3-4,6,8-9,12,18H,1-2,5,7,10-11H2/p+1/t18-/m1/s1. The second-order valence-corrected chi connectivity index (χ2v) is 9.02. The topological polar surface area (TPSA) is 53.9 Å². The van der Waals surface area contributed by atoms with E-state index in [1.807, 2.05) is 34.2 Å². The molecular formula is C20H20N3O3S2+. The molecule has 2 atom stereocenters. The zero-order chi connectivity index (χ0) is 18.7. The molecule has 28 heavy (non-hydrogen) atoms. The van der Waals surface area contributed by atoms with Gasteiger partial charge in [0, 0.05) is 28.3 Å². The Kier molecular flexibility index (Phi) is 3.85. The van der Waals surface area contributed by atoms with Gasteiger partial charge in [-0.05, 0) is 54.7 Å². The van der Waals surface area contributed by atoms with Gasteiger partial charge in [-0.2, -0.15) is 4.68 Å². The Labute approximate surface area is 171 Å².